The highest BCUT2D eigenvalue weighted by atomic mass is 35.5. The SMILES string of the molecule is C=C(CCN(CCC)c1cncc(Cl)n1)C(=O)CN1CC[C@@H](C(=O)Nc2ccc(O)c(Cl)c2)C1. The highest BCUT2D eigenvalue weighted by Gasteiger charge is 2.29. The number of ketones is 1. The van der Waals surface area contributed by atoms with Gasteiger partial charge in [-0.15, -0.1) is 0 Å². The topological polar surface area (TPSA) is 98.7 Å². The van der Waals surface area contributed by atoms with E-state index in [4.69, 9.17) is 23.2 Å². The quantitative estimate of drug-likeness (QED) is 0.349. The van der Waals surface area contributed by atoms with Crippen LogP contribution in [0.3, 0.4) is 0 Å². The molecule has 0 saturated carbocycles. The second kappa shape index (κ2) is 12.1. The smallest absolute Gasteiger partial charge is 0.228 e. The molecule has 182 valence electrons. The summed E-state index contributed by atoms with van der Waals surface area (Å²) < 4.78 is 0. The number of nitrogens with one attached hydrogen (secondary N) is 1. The Labute approximate surface area is 209 Å². The van der Waals surface area contributed by atoms with E-state index >= 15 is 0 Å². The van der Waals surface area contributed by atoms with Crippen molar-refractivity contribution in [2.24, 2.45) is 5.92 Å². The fourth-order valence-corrected chi connectivity index (χ4v) is 4.16. The number of likely N-dealkylation sites (tertiary alicyclic amines) is 1. The van der Waals surface area contributed by atoms with E-state index in [1.807, 2.05) is 9.80 Å². The zero-order valence-corrected chi connectivity index (χ0v) is 20.6. The third-order valence-electron chi connectivity index (χ3n) is 5.71. The van der Waals surface area contributed by atoms with Gasteiger partial charge >= 0.3 is 0 Å². The van der Waals surface area contributed by atoms with E-state index in [2.05, 4.69) is 28.8 Å². The Balaban J connectivity index is 1.47. The first kappa shape index (κ1) is 25.9. The molecule has 1 aromatic heterocycles. The summed E-state index contributed by atoms with van der Waals surface area (Å²) in [6.45, 7) is 8.81. The lowest BCUT2D eigenvalue weighted by atomic mass is 10.1. The number of anilines is 2. The number of Topliss-reactive ketones (excluding diaryl/α,β-unsaturated/α-hetero) is 1. The predicted octanol–water partition coefficient (Wildman–Crippen LogP) is 4.18. The van der Waals surface area contributed by atoms with E-state index < -0.39 is 0 Å². The van der Waals surface area contributed by atoms with Crippen LogP contribution in [0, 0.1) is 5.92 Å². The maximum Gasteiger partial charge on any atom is 0.228 e. The molecular weight excluding hydrogens is 477 g/mol. The van der Waals surface area contributed by atoms with Gasteiger partial charge in [0.25, 0.3) is 0 Å². The van der Waals surface area contributed by atoms with Crippen LogP contribution in [0.2, 0.25) is 10.2 Å². The number of benzene rings is 1. The van der Waals surface area contributed by atoms with E-state index in [0.717, 1.165) is 13.0 Å². The zero-order chi connectivity index (χ0) is 24.7. The van der Waals surface area contributed by atoms with Crippen molar-refractivity contribution in [2.45, 2.75) is 26.2 Å². The Kier molecular flexibility index (Phi) is 9.27. The Morgan fingerprint density at radius 2 is 2.09 bits per heavy atom. The number of rotatable bonds is 11. The van der Waals surface area contributed by atoms with Gasteiger partial charge in [-0.05, 0) is 49.6 Å². The lowest BCUT2D eigenvalue weighted by molar-refractivity contribution is -0.120. The minimum absolute atomic E-state index is 0.0278. The molecule has 0 bridgehead atoms. The third-order valence-corrected chi connectivity index (χ3v) is 6.20. The van der Waals surface area contributed by atoms with Crippen LogP contribution in [-0.2, 0) is 9.59 Å². The number of aromatic nitrogens is 2. The van der Waals surface area contributed by atoms with Crippen molar-refractivity contribution >= 4 is 46.4 Å². The monoisotopic (exact) mass is 505 g/mol. The first-order valence-electron chi connectivity index (χ1n) is 11.2. The summed E-state index contributed by atoms with van der Waals surface area (Å²) in [5.74, 6) is 0.255. The minimum Gasteiger partial charge on any atom is -0.506 e. The predicted molar refractivity (Wildman–Crippen MR) is 135 cm³/mol. The fraction of sp³-hybridized carbons (Fsp3) is 0.417. The van der Waals surface area contributed by atoms with E-state index in [9.17, 15) is 14.7 Å². The largest absolute Gasteiger partial charge is 0.506 e. The average molecular weight is 506 g/mol. The molecule has 0 aliphatic carbocycles. The summed E-state index contributed by atoms with van der Waals surface area (Å²) >= 11 is 11.9. The molecule has 8 nitrogen and oxygen atoms in total. The average Bonchev–Trinajstić information content (AvgIpc) is 3.27. The van der Waals surface area contributed by atoms with Gasteiger partial charge in [0, 0.05) is 25.3 Å². The van der Waals surface area contributed by atoms with Crippen molar-refractivity contribution in [1.29, 1.82) is 0 Å². The van der Waals surface area contributed by atoms with Crippen molar-refractivity contribution in [1.82, 2.24) is 14.9 Å². The molecule has 1 fully saturated rings. The van der Waals surface area contributed by atoms with Crippen LogP contribution in [0.15, 0.2) is 42.7 Å². The van der Waals surface area contributed by atoms with Crippen LogP contribution in [-0.4, -0.2) is 64.4 Å². The second-order valence-corrected chi connectivity index (χ2v) is 9.13. The highest BCUT2D eigenvalue weighted by molar-refractivity contribution is 6.32. The number of amides is 1. The van der Waals surface area contributed by atoms with Crippen LogP contribution in [0.1, 0.15) is 26.2 Å². The molecule has 2 aromatic rings. The lowest BCUT2D eigenvalue weighted by Crippen LogP contribution is -2.32. The van der Waals surface area contributed by atoms with Gasteiger partial charge in [0.05, 0.1) is 29.9 Å². The maximum absolute atomic E-state index is 12.7. The number of phenolic OH excluding ortho intramolecular Hbond substituents is 1. The summed E-state index contributed by atoms with van der Waals surface area (Å²) in [6.07, 6.45) is 5.23. The van der Waals surface area contributed by atoms with Gasteiger partial charge in [0.1, 0.15) is 16.7 Å². The fourth-order valence-electron chi connectivity index (χ4n) is 3.84. The van der Waals surface area contributed by atoms with Crippen molar-refractivity contribution in [2.75, 3.05) is 42.9 Å². The van der Waals surface area contributed by atoms with Gasteiger partial charge in [0.15, 0.2) is 5.78 Å². The number of halogens is 2. The first-order chi connectivity index (χ1) is 16.3. The molecule has 1 aliphatic rings. The number of carbonyl (C=O) groups is 2. The van der Waals surface area contributed by atoms with E-state index in [1.165, 1.54) is 18.3 Å². The number of aromatic hydroxyl groups is 1. The van der Waals surface area contributed by atoms with Crippen LogP contribution < -0.4 is 10.2 Å². The first-order valence-corrected chi connectivity index (χ1v) is 12.0. The number of hydrogen-bond donors (Lipinski definition) is 2. The molecule has 34 heavy (non-hydrogen) atoms. The van der Waals surface area contributed by atoms with Gasteiger partial charge in [-0.3, -0.25) is 19.5 Å². The molecule has 2 N–H and O–H groups in total. The lowest BCUT2D eigenvalue weighted by Gasteiger charge is -2.23. The molecule has 2 heterocycles. The molecule has 0 spiro atoms. The molecule has 1 aliphatic heterocycles. The standard InChI is InChI=1S/C24H29Cl2N5O3/c1-3-8-31(23-13-27-12-22(26)29-23)10-6-16(2)21(33)15-30-9-7-17(14-30)24(34)28-18-4-5-20(32)19(25)11-18/h4-5,11-13,17,32H,2-3,6-10,14-15H2,1H3,(H,28,34)/t17-/m1/s1. The second-order valence-electron chi connectivity index (χ2n) is 8.34. The number of nitrogens with zero attached hydrogens (tertiary/aromatic N) is 4. The van der Waals surface area contributed by atoms with Gasteiger partial charge in [0.2, 0.25) is 5.91 Å². The molecule has 1 amide bonds. The Hall–Kier alpha value is -2.68. The van der Waals surface area contributed by atoms with Gasteiger partial charge in [-0.1, -0.05) is 36.7 Å². The molecule has 1 atom stereocenters. The Bertz CT molecular complexity index is 1050. The van der Waals surface area contributed by atoms with Crippen LogP contribution in [0.25, 0.3) is 0 Å². The van der Waals surface area contributed by atoms with Crippen molar-refractivity contribution in [3.8, 4) is 5.75 Å². The summed E-state index contributed by atoms with van der Waals surface area (Å²) in [6, 6.07) is 4.53. The van der Waals surface area contributed by atoms with Crippen molar-refractivity contribution < 1.29 is 14.7 Å². The Morgan fingerprint density at radius 1 is 1.29 bits per heavy atom. The molecule has 0 unspecified atom stereocenters. The number of phenols is 1. The van der Waals surface area contributed by atoms with Crippen LogP contribution in [0.4, 0.5) is 11.5 Å². The van der Waals surface area contributed by atoms with E-state index in [1.54, 1.807) is 12.3 Å². The van der Waals surface area contributed by atoms with Gasteiger partial charge in [-0.2, -0.15) is 0 Å². The summed E-state index contributed by atoms with van der Waals surface area (Å²) in [7, 11) is 0. The maximum atomic E-state index is 12.7. The normalized spacial score (nSPS) is 15.8. The van der Waals surface area contributed by atoms with Crippen LogP contribution >= 0.6 is 23.2 Å². The molecule has 3 rings (SSSR count). The van der Waals surface area contributed by atoms with Crippen molar-refractivity contribution in [3.63, 3.8) is 0 Å². The molecule has 10 heteroatoms. The Morgan fingerprint density at radius 3 is 2.79 bits per heavy atom. The number of carbonyl (C=O) groups excluding carboxylic acids is 2. The third kappa shape index (κ3) is 7.16. The summed E-state index contributed by atoms with van der Waals surface area (Å²) in [5.41, 5.74) is 1.07. The summed E-state index contributed by atoms with van der Waals surface area (Å²) in [4.78, 5) is 37.8. The van der Waals surface area contributed by atoms with Gasteiger partial charge < -0.3 is 15.3 Å². The van der Waals surface area contributed by atoms with Crippen molar-refractivity contribution in [3.05, 3.63) is 52.9 Å². The zero-order valence-electron chi connectivity index (χ0n) is 19.1. The minimum atomic E-state index is -0.227. The van der Waals surface area contributed by atoms with E-state index in [0.29, 0.717) is 54.7 Å². The number of hydrogen-bond acceptors (Lipinski definition) is 7. The molecule has 1 saturated heterocycles. The molecule has 0 radical (unpaired) electrons. The van der Waals surface area contributed by atoms with Crippen LogP contribution in [0.5, 0.6) is 5.75 Å². The highest BCUT2D eigenvalue weighted by Crippen LogP contribution is 2.27. The summed E-state index contributed by atoms with van der Waals surface area (Å²) in [5, 5.41) is 12.8. The molecule has 1 aromatic carbocycles. The van der Waals surface area contributed by atoms with Gasteiger partial charge in [-0.25, -0.2) is 4.98 Å². The molecular formula is C24H29Cl2N5O3. The van der Waals surface area contributed by atoms with E-state index in [-0.39, 0.29) is 34.9 Å².